The summed E-state index contributed by atoms with van der Waals surface area (Å²) in [5.41, 5.74) is 0.0135. The van der Waals surface area contributed by atoms with Crippen LogP contribution < -0.4 is 0 Å². The lowest BCUT2D eigenvalue weighted by atomic mass is 9.77. The van der Waals surface area contributed by atoms with E-state index in [1.54, 1.807) is 12.1 Å². The van der Waals surface area contributed by atoms with E-state index in [0.717, 1.165) is 31.2 Å². The van der Waals surface area contributed by atoms with Gasteiger partial charge in [0.1, 0.15) is 5.82 Å². The average molecular weight is 485 g/mol. The first-order chi connectivity index (χ1) is 16.1. The van der Waals surface area contributed by atoms with Crippen molar-refractivity contribution in [1.82, 2.24) is 0 Å². The van der Waals surface area contributed by atoms with Crippen LogP contribution in [0.5, 0.6) is 0 Å². The Morgan fingerprint density at radius 3 is 2.15 bits per heavy atom. The molecule has 0 radical (unpaired) electrons. The molecule has 186 valence electrons. The van der Waals surface area contributed by atoms with E-state index in [1.165, 1.54) is 24.8 Å². The van der Waals surface area contributed by atoms with Crippen LogP contribution in [0.2, 0.25) is 0 Å². The molecule has 3 rings (SSSR count). The molecule has 1 aliphatic rings. The molecule has 0 saturated heterocycles. The van der Waals surface area contributed by atoms with Crippen LogP contribution in [0.3, 0.4) is 0 Å². The molecule has 0 bridgehead atoms. The van der Waals surface area contributed by atoms with Crippen molar-refractivity contribution in [3.05, 3.63) is 82.7 Å². The molecular formula is C27H30F6O. The number of rotatable bonds is 9. The summed E-state index contributed by atoms with van der Waals surface area (Å²) in [6.45, 7) is 1.68. The fourth-order valence-corrected chi connectivity index (χ4v) is 4.55. The van der Waals surface area contributed by atoms with E-state index < -0.39 is 30.1 Å². The van der Waals surface area contributed by atoms with E-state index in [9.17, 15) is 26.3 Å². The number of hydrogen-bond acceptors (Lipinski definition) is 1. The molecule has 1 fully saturated rings. The first-order valence-electron chi connectivity index (χ1n) is 11.6. The quantitative estimate of drug-likeness (QED) is 0.255. The zero-order valence-electron chi connectivity index (χ0n) is 19.2. The Hall–Kier alpha value is -2.28. The van der Waals surface area contributed by atoms with Gasteiger partial charge >= 0.3 is 12.3 Å². The van der Waals surface area contributed by atoms with Crippen LogP contribution in [0.4, 0.5) is 26.3 Å². The van der Waals surface area contributed by atoms with E-state index in [2.05, 4.69) is 12.2 Å². The Bertz CT molecular complexity index is 941. The highest BCUT2D eigenvalue weighted by molar-refractivity contribution is 5.27. The van der Waals surface area contributed by atoms with Gasteiger partial charge in [0.2, 0.25) is 0 Å². The molecule has 0 aliphatic heterocycles. The van der Waals surface area contributed by atoms with E-state index in [0.29, 0.717) is 23.6 Å². The van der Waals surface area contributed by atoms with Gasteiger partial charge in [0, 0.05) is 0 Å². The van der Waals surface area contributed by atoms with Crippen molar-refractivity contribution in [2.75, 3.05) is 0 Å². The van der Waals surface area contributed by atoms with E-state index in [4.69, 9.17) is 4.74 Å². The second-order valence-electron chi connectivity index (χ2n) is 9.02. The maximum atomic E-state index is 14.2. The van der Waals surface area contributed by atoms with Crippen molar-refractivity contribution >= 4 is 0 Å². The van der Waals surface area contributed by atoms with E-state index >= 15 is 0 Å². The molecular weight excluding hydrogens is 454 g/mol. The fourth-order valence-electron chi connectivity index (χ4n) is 4.55. The SMILES string of the molecule is CC=CCCC1CCC(c2ccc(COC(F)(F)Cc3ccc(C(F)(F)F)c(F)c3)cc2)CC1. The number of benzene rings is 2. The van der Waals surface area contributed by atoms with Crippen LogP contribution in [-0.4, -0.2) is 6.11 Å². The molecule has 0 atom stereocenters. The van der Waals surface area contributed by atoms with Crippen LogP contribution in [0.15, 0.2) is 54.6 Å². The van der Waals surface area contributed by atoms with Gasteiger partial charge in [0.25, 0.3) is 0 Å². The minimum absolute atomic E-state index is 0.271. The highest BCUT2D eigenvalue weighted by atomic mass is 19.4. The number of alkyl halides is 5. The Morgan fingerprint density at radius 1 is 0.912 bits per heavy atom. The lowest BCUT2D eigenvalue weighted by Crippen LogP contribution is -2.24. The fraction of sp³-hybridized carbons (Fsp3) is 0.481. The molecule has 7 heteroatoms. The molecule has 0 aromatic heterocycles. The smallest absolute Gasteiger partial charge is 0.315 e. The van der Waals surface area contributed by atoms with Gasteiger partial charge in [-0.25, -0.2) is 4.39 Å². The Labute approximate surface area is 196 Å². The molecule has 34 heavy (non-hydrogen) atoms. The molecule has 0 amide bonds. The van der Waals surface area contributed by atoms with Gasteiger partial charge in [0.15, 0.2) is 0 Å². The summed E-state index contributed by atoms with van der Waals surface area (Å²) in [6, 6.07) is 9.22. The van der Waals surface area contributed by atoms with Crippen molar-refractivity contribution in [3.8, 4) is 0 Å². The van der Waals surface area contributed by atoms with Gasteiger partial charge < -0.3 is 4.74 Å². The number of hydrogen-bond donors (Lipinski definition) is 0. The van der Waals surface area contributed by atoms with Crippen LogP contribution in [-0.2, 0) is 23.9 Å². The summed E-state index contributed by atoms with van der Waals surface area (Å²) in [5, 5.41) is 0. The van der Waals surface area contributed by atoms with Gasteiger partial charge in [-0.2, -0.15) is 22.0 Å². The van der Waals surface area contributed by atoms with Gasteiger partial charge in [0.05, 0.1) is 18.6 Å². The van der Waals surface area contributed by atoms with Crippen LogP contribution in [0.1, 0.15) is 73.6 Å². The first kappa shape index (κ1) is 26.3. The van der Waals surface area contributed by atoms with Crippen LogP contribution in [0.25, 0.3) is 0 Å². The van der Waals surface area contributed by atoms with Gasteiger partial charge in [-0.15, -0.1) is 0 Å². The molecule has 2 aromatic rings. The standard InChI is InChI=1S/C27H30F6O/c1-2-3-4-5-19-6-11-22(12-7-19)23-13-8-20(9-14-23)18-34-26(29,30)17-21-10-15-24(25(28)16-21)27(31,32)33/h2-3,8-10,13-16,19,22H,4-7,11-12,17-18H2,1H3. The molecule has 0 spiro atoms. The zero-order valence-corrected chi connectivity index (χ0v) is 19.2. The Morgan fingerprint density at radius 2 is 1.56 bits per heavy atom. The largest absolute Gasteiger partial charge is 0.419 e. The third-order valence-electron chi connectivity index (χ3n) is 6.47. The second kappa shape index (κ2) is 11.4. The van der Waals surface area contributed by atoms with Gasteiger partial charge in [-0.3, -0.25) is 0 Å². The van der Waals surface area contributed by atoms with Crippen LogP contribution >= 0.6 is 0 Å². The lowest BCUT2D eigenvalue weighted by Gasteiger charge is -2.28. The van der Waals surface area contributed by atoms with Crippen molar-refractivity contribution < 1.29 is 31.1 Å². The third-order valence-corrected chi connectivity index (χ3v) is 6.47. The van der Waals surface area contributed by atoms with Crippen LogP contribution in [0, 0.1) is 11.7 Å². The van der Waals surface area contributed by atoms with Crippen molar-refractivity contribution in [2.24, 2.45) is 5.92 Å². The number of ether oxygens (including phenoxy) is 1. The summed E-state index contributed by atoms with van der Waals surface area (Å²) in [7, 11) is 0. The van der Waals surface area contributed by atoms with E-state index in [1.807, 2.05) is 19.1 Å². The molecule has 0 N–H and O–H groups in total. The van der Waals surface area contributed by atoms with Gasteiger partial charge in [-0.05, 0) is 86.1 Å². The minimum Gasteiger partial charge on any atom is -0.315 e. The number of allylic oxidation sites excluding steroid dienone is 2. The highest BCUT2D eigenvalue weighted by Gasteiger charge is 2.35. The predicted octanol–water partition coefficient (Wildman–Crippen LogP) is 8.83. The summed E-state index contributed by atoms with van der Waals surface area (Å²) >= 11 is 0. The summed E-state index contributed by atoms with van der Waals surface area (Å²) in [6.07, 6.45) is 1.75. The highest BCUT2D eigenvalue weighted by Crippen LogP contribution is 2.38. The van der Waals surface area contributed by atoms with E-state index in [-0.39, 0.29) is 12.2 Å². The maximum Gasteiger partial charge on any atom is 0.419 e. The molecule has 1 saturated carbocycles. The molecule has 1 nitrogen and oxygen atoms in total. The zero-order chi connectivity index (χ0) is 24.8. The van der Waals surface area contributed by atoms with Crippen molar-refractivity contribution in [2.45, 2.75) is 76.7 Å². The predicted molar refractivity (Wildman–Crippen MR) is 120 cm³/mol. The summed E-state index contributed by atoms with van der Waals surface area (Å²) < 4.78 is 84.7. The Kier molecular flexibility index (Phi) is 8.85. The normalized spacial score (nSPS) is 19.6. The van der Waals surface area contributed by atoms with Gasteiger partial charge in [-0.1, -0.05) is 42.5 Å². The third kappa shape index (κ3) is 7.62. The summed E-state index contributed by atoms with van der Waals surface area (Å²) in [5.74, 6) is -0.340. The molecule has 0 heterocycles. The average Bonchev–Trinajstić information content (AvgIpc) is 2.78. The molecule has 1 aliphatic carbocycles. The van der Waals surface area contributed by atoms with Crippen molar-refractivity contribution in [1.29, 1.82) is 0 Å². The lowest BCUT2D eigenvalue weighted by molar-refractivity contribution is -0.244. The second-order valence-corrected chi connectivity index (χ2v) is 9.02. The monoisotopic (exact) mass is 484 g/mol. The first-order valence-corrected chi connectivity index (χ1v) is 11.6. The minimum atomic E-state index is -4.88. The molecule has 2 aromatic carbocycles. The number of halogens is 6. The Balaban J connectivity index is 1.49. The molecule has 0 unspecified atom stereocenters. The maximum absolute atomic E-state index is 14.2. The summed E-state index contributed by atoms with van der Waals surface area (Å²) in [4.78, 5) is 0. The topological polar surface area (TPSA) is 9.23 Å². The van der Waals surface area contributed by atoms with Crippen molar-refractivity contribution in [3.63, 3.8) is 0 Å².